The Morgan fingerprint density at radius 2 is 1.89 bits per heavy atom. The number of methoxy groups -OCH3 is 2. The van der Waals surface area contributed by atoms with Crippen LogP contribution >= 0.6 is 11.6 Å². The molecule has 4 aliphatic heterocycles. The summed E-state index contributed by atoms with van der Waals surface area (Å²) in [5.41, 5.74) is 2.78. The Hall–Kier alpha value is -2.71. The number of fused-ring (bicyclic) bond motifs is 4. The number of sulfonamides is 1. The predicted molar refractivity (Wildman–Crippen MR) is 216 cm³/mol. The van der Waals surface area contributed by atoms with E-state index < -0.39 is 26.8 Å². The normalized spacial score (nSPS) is 31.3. The first kappa shape index (κ1) is 40.5. The molecule has 5 aliphatic rings. The molecule has 0 radical (unpaired) electrons. The third-order valence-corrected chi connectivity index (χ3v) is 15.1. The minimum Gasteiger partial charge on any atom is -0.487 e. The molecule has 1 saturated carbocycles. The molecule has 7 rings (SSSR count). The third kappa shape index (κ3) is 9.21. The van der Waals surface area contributed by atoms with Gasteiger partial charge in [-0.3, -0.25) is 14.6 Å². The number of benzene rings is 2. The predicted octanol–water partition coefficient (Wildman–Crippen LogP) is 5.55. The second kappa shape index (κ2) is 17.8. The first-order chi connectivity index (χ1) is 26.6. The zero-order chi connectivity index (χ0) is 38.6. The number of piperazine rings is 1. The molecule has 6 atom stereocenters. The van der Waals surface area contributed by atoms with Crippen LogP contribution in [0.1, 0.15) is 66.9 Å². The summed E-state index contributed by atoms with van der Waals surface area (Å²) in [7, 11) is -0.662. The maximum absolute atomic E-state index is 14.0. The van der Waals surface area contributed by atoms with Crippen LogP contribution in [0.4, 0.5) is 5.69 Å². The smallest absolute Gasteiger partial charge is 0.264 e. The van der Waals surface area contributed by atoms with Crippen LogP contribution in [0.2, 0.25) is 5.02 Å². The Bertz CT molecular complexity index is 1790. The van der Waals surface area contributed by atoms with Gasteiger partial charge in [0.05, 0.1) is 24.2 Å². The van der Waals surface area contributed by atoms with Crippen LogP contribution in [0, 0.1) is 17.8 Å². The Morgan fingerprint density at radius 3 is 2.69 bits per heavy atom. The lowest BCUT2D eigenvalue weighted by atomic mass is 9.63. The number of nitrogens with one attached hydrogen (secondary N) is 1. The number of hydrogen-bond acceptors (Lipinski definition) is 10. The van der Waals surface area contributed by atoms with E-state index in [4.69, 9.17) is 30.5 Å². The van der Waals surface area contributed by atoms with Gasteiger partial charge in [0.25, 0.3) is 5.91 Å². The van der Waals surface area contributed by atoms with Crippen LogP contribution in [0.3, 0.4) is 0 Å². The number of allylic oxidation sites excluding steroid dienone is 1. The highest BCUT2D eigenvalue weighted by molar-refractivity contribution is 7.90. The minimum absolute atomic E-state index is 0.242. The topological polar surface area (TPSA) is 110 Å². The summed E-state index contributed by atoms with van der Waals surface area (Å²) in [6.07, 6.45) is 10.1. The molecule has 55 heavy (non-hydrogen) atoms. The van der Waals surface area contributed by atoms with Gasteiger partial charge in [-0.05, 0) is 104 Å². The molecule has 2 bridgehead atoms. The van der Waals surface area contributed by atoms with E-state index in [0.717, 1.165) is 102 Å². The second-order valence-electron chi connectivity index (χ2n) is 16.3. The molecule has 1 unspecified atom stereocenters. The number of nitrogens with zero attached hydrogens (tertiary/aromatic N) is 3. The van der Waals surface area contributed by atoms with Crippen LogP contribution in [-0.4, -0.2) is 121 Å². The molecular formula is C42H59ClN4O7S. The second-order valence-corrected chi connectivity index (χ2v) is 18.6. The van der Waals surface area contributed by atoms with E-state index in [9.17, 15) is 13.2 Å². The van der Waals surface area contributed by atoms with Crippen molar-refractivity contribution in [3.63, 3.8) is 0 Å². The summed E-state index contributed by atoms with van der Waals surface area (Å²) in [4.78, 5) is 21.3. The van der Waals surface area contributed by atoms with Crippen LogP contribution < -0.4 is 14.4 Å². The maximum Gasteiger partial charge on any atom is 0.264 e. The Balaban J connectivity index is 1.27. The van der Waals surface area contributed by atoms with Crippen LogP contribution in [0.25, 0.3) is 0 Å². The Morgan fingerprint density at radius 1 is 1.02 bits per heavy atom. The van der Waals surface area contributed by atoms with E-state index in [1.807, 2.05) is 44.4 Å². The lowest BCUT2D eigenvalue weighted by Gasteiger charge is -2.53. The number of amides is 1. The molecule has 2 saturated heterocycles. The van der Waals surface area contributed by atoms with Gasteiger partial charge < -0.3 is 23.8 Å². The maximum atomic E-state index is 14.0. The summed E-state index contributed by atoms with van der Waals surface area (Å²) >= 11 is 6.42. The standard InChI is InChI=1S/C42H59ClN4O7S/c1-30-7-6-16-42(52-3,29-45-18-19-46-20-22-53-28-36(46)26-45)37-13-10-33(37)25-47-17-5-4-8-31-23-35(43)12-9-34(31)27-54-39-14-11-32(24-38(39)47)41(48)44-55(49,50)40(30)15-21-51-2/h6,9,11-12,14,16,23-24,30,33,36-37,40H,4-5,7-8,10,13,15,17-22,25-29H2,1-3H3,(H,44,48)/b16-6+/t30-,33-,36?,37+,40+,42+/m0/s1. The molecule has 302 valence electrons. The summed E-state index contributed by atoms with van der Waals surface area (Å²) < 4.78 is 55.1. The summed E-state index contributed by atoms with van der Waals surface area (Å²) in [5.74, 6) is 0.309. The van der Waals surface area contributed by atoms with Gasteiger partial charge in [-0.1, -0.05) is 36.7 Å². The van der Waals surface area contributed by atoms with Gasteiger partial charge in [-0.25, -0.2) is 13.1 Å². The van der Waals surface area contributed by atoms with Crippen molar-refractivity contribution in [1.29, 1.82) is 0 Å². The van der Waals surface area contributed by atoms with Crippen molar-refractivity contribution in [2.24, 2.45) is 17.8 Å². The first-order valence-corrected chi connectivity index (χ1v) is 22.1. The Labute approximate surface area is 332 Å². The molecule has 1 aliphatic carbocycles. The highest BCUT2D eigenvalue weighted by Gasteiger charge is 2.49. The number of rotatable bonds is 6. The highest BCUT2D eigenvalue weighted by atomic mass is 35.5. The lowest BCUT2D eigenvalue weighted by Crippen LogP contribution is -2.62. The third-order valence-electron chi connectivity index (χ3n) is 12.9. The van der Waals surface area contributed by atoms with Crippen LogP contribution in [0.15, 0.2) is 48.6 Å². The SMILES string of the molecule is COCC[C@@H]1[C@@H](C)C/C=C/[C@](CN2CCN3CCOCC3C2)(OC)[C@@H]2CC[C@H]2CN2CCCCc3cc(Cl)ccc3COc3ccc(cc32)C(=O)NS1(=O)=O. The molecule has 0 aromatic heterocycles. The van der Waals surface area contributed by atoms with Crippen LogP contribution in [-0.2, 0) is 37.3 Å². The van der Waals surface area contributed by atoms with Crippen molar-refractivity contribution in [3.8, 4) is 5.75 Å². The van der Waals surface area contributed by atoms with E-state index in [1.165, 1.54) is 5.56 Å². The first-order valence-electron chi connectivity index (χ1n) is 20.2. The molecule has 1 N–H and O–H groups in total. The highest BCUT2D eigenvalue weighted by Crippen LogP contribution is 2.47. The Kier molecular flexibility index (Phi) is 13.1. The molecule has 2 aromatic rings. The fourth-order valence-corrected chi connectivity index (χ4v) is 11.4. The van der Waals surface area contributed by atoms with Gasteiger partial charge in [0.1, 0.15) is 18.0 Å². The molecule has 3 fully saturated rings. The number of halogens is 1. The molecule has 13 heteroatoms. The molecule has 2 aromatic carbocycles. The van der Waals surface area contributed by atoms with E-state index in [-0.39, 0.29) is 30.4 Å². The van der Waals surface area contributed by atoms with Crippen LogP contribution in [0.5, 0.6) is 5.75 Å². The van der Waals surface area contributed by atoms with E-state index in [0.29, 0.717) is 35.8 Å². The summed E-state index contributed by atoms with van der Waals surface area (Å²) in [5, 5.41) is -0.125. The summed E-state index contributed by atoms with van der Waals surface area (Å²) in [6, 6.07) is 11.7. The quantitative estimate of drug-likeness (QED) is 0.374. The fourth-order valence-electron chi connectivity index (χ4n) is 9.55. The van der Waals surface area contributed by atoms with Gasteiger partial charge in [0, 0.05) is 83.3 Å². The van der Waals surface area contributed by atoms with Crippen molar-refractivity contribution in [2.45, 2.75) is 75.4 Å². The van der Waals surface area contributed by atoms with Crippen molar-refractivity contribution in [1.82, 2.24) is 14.5 Å². The average Bonchev–Trinajstić information content (AvgIpc) is 3.19. The fraction of sp³-hybridized carbons (Fsp3) is 0.643. The van der Waals surface area contributed by atoms with Crippen molar-refractivity contribution in [3.05, 3.63) is 70.3 Å². The van der Waals surface area contributed by atoms with Gasteiger partial charge in [0.2, 0.25) is 10.0 Å². The summed E-state index contributed by atoms with van der Waals surface area (Å²) in [6.45, 7) is 10.3. The number of aryl methyl sites for hydroxylation is 1. The number of carbonyl (C=O) groups excluding carboxylic acids is 1. The molecule has 0 spiro atoms. The average molecular weight is 799 g/mol. The van der Waals surface area contributed by atoms with Crippen molar-refractivity contribution in [2.75, 3.05) is 84.8 Å². The largest absolute Gasteiger partial charge is 0.487 e. The number of hydrogen-bond donors (Lipinski definition) is 1. The van der Waals surface area contributed by atoms with Gasteiger partial charge >= 0.3 is 0 Å². The number of carbonyl (C=O) groups is 1. The van der Waals surface area contributed by atoms with E-state index in [2.05, 4.69) is 31.6 Å². The van der Waals surface area contributed by atoms with Gasteiger partial charge in [0.15, 0.2) is 0 Å². The van der Waals surface area contributed by atoms with E-state index >= 15 is 0 Å². The zero-order valence-corrected chi connectivity index (χ0v) is 34.3. The van der Waals surface area contributed by atoms with Gasteiger partial charge in [-0.15, -0.1) is 0 Å². The monoisotopic (exact) mass is 798 g/mol. The van der Waals surface area contributed by atoms with E-state index in [1.54, 1.807) is 13.2 Å². The molecule has 4 heterocycles. The minimum atomic E-state index is -4.07. The number of anilines is 1. The van der Waals surface area contributed by atoms with Gasteiger partial charge in [-0.2, -0.15) is 0 Å². The molecule has 11 nitrogen and oxygen atoms in total. The number of morpholine rings is 1. The van der Waals surface area contributed by atoms with Crippen molar-refractivity contribution < 1.29 is 32.2 Å². The van der Waals surface area contributed by atoms with Crippen molar-refractivity contribution >= 4 is 33.2 Å². The molecular weight excluding hydrogens is 740 g/mol. The number of ether oxygens (including phenoxy) is 4. The lowest BCUT2D eigenvalue weighted by molar-refractivity contribution is -0.108. The molecule has 1 amide bonds. The zero-order valence-electron chi connectivity index (χ0n) is 32.7.